The summed E-state index contributed by atoms with van der Waals surface area (Å²) >= 11 is 0. The van der Waals surface area contributed by atoms with E-state index in [1.54, 1.807) is 0 Å². The fraction of sp³-hybridized carbons (Fsp3) is 0.292. The largest absolute Gasteiger partial charge is 0.495 e. The number of nitrogens with zero attached hydrogens (tertiary/aromatic N) is 1. The summed E-state index contributed by atoms with van der Waals surface area (Å²) in [6, 6.07) is 13.8. The number of ether oxygens (including phenoxy) is 2. The Morgan fingerprint density at radius 3 is 2.41 bits per heavy atom. The maximum absolute atomic E-state index is 13.2. The number of aliphatic hydroxyl groups excluding tert-OH is 1. The lowest BCUT2D eigenvalue weighted by atomic mass is 9.71. The van der Waals surface area contributed by atoms with Crippen LogP contribution in [0, 0.1) is 0 Å². The van der Waals surface area contributed by atoms with Gasteiger partial charge in [0, 0.05) is 17.5 Å². The molecule has 0 unspecified atom stereocenters. The minimum Gasteiger partial charge on any atom is -0.495 e. The molecule has 0 bridgehead atoms. The summed E-state index contributed by atoms with van der Waals surface area (Å²) in [5.41, 5.74) is 4.09. The van der Waals surface area contributed by atoms with Crippen LogP contribution in [0.1, 0.15) is 34.6 Å². The summed E-state index contributed by atoms with van der Waals surface area (Å²) in [7, 11) is 1.42. The topological polar surface area (TPSA) is 97.8 Å². The predicted octanol–water partition coefficient (Wildman–Crippen LogP) is 2.99. The van der Waals surface area contributed by atoms with Crippen molar-refractivity contribution in [3.63, 3.8) is 0 Å². The van der Waals surface area contributed by atoms with Gasteiger partial charge in [0.25, 0.3) is 6.43 Å². The van der Waals surface area contributed by atoms with E-state index in [0.717, 1.165) is 5.56 Å². The highest BCUT2D eigenvalue weighted by atomic mass is 19.3. The van der Waals surface area contributed by atoms with Gasteiger partial charge in [-0.2, -0.15) is 0 Å². The summed E-state index contributed by atoms with van der Waals surface area (Å²) in [5.74, 6) is -0.245. The molecule has 0 saturated heterocycles. The number of aromatic nitrogens is 1. The van der Waals surface area contributed by atoms with Crippen LogP contribution in [-0.4, -0.2) is 34.5 Å². The number of hydrogen-bond acceptors (Lipinski definition) is 6. The maximum atomic E-state index is 13.2. The van der Waals surface area contributed by atoms with Crippen LogP contribution >= 0.6 is 0 Å². The molecule has 3 aromatic rings. The summed E-state index contributed by atoms with van der Waals surface area (Å²) < 4.78 is 38.3. The third kappa shape index (κ3) is 2.51. The van der Waals surface area contributed by atoms with Gasteiger partial charge >= 0.3 is 0 Å². The number of nitrogens with two attached hydrogens (primary N) is 1. The molecule has 4 N–H and O–H groups in total. The zero-order chi connectivity index (χ0) is 22.7. The molecule has 8 heteroatoms. The lowest BCUT2D eigenvalue weighted by Gasteiger charge is -2.40. The quantitative estimate of drug-likeness (QED) is 0.577. The van der Waals surface area contributed by atoms with Crippen molar-refractivity contribution >= 4 is 0 Å². The summed E-state index contributed by atoms with van der Waals surface area (Å²) in [6.45, 7) is 0. The number of methoxy groups -OCH3 is 1. The number of pyridine rings is 1. The Kier molecular flexibility index (Phi) is 4.70. The molecule has 1 saturated carbocycles. The second kappa shape index (κ2) is 7.23. The van der Waals surface area contributed by atoms with Crippen molar-refractivity contribution in [2.24, 2.45) is 5.73 Å². The van der Waals surface area contributed by atoms with Gasteiger partial charge in [-0.1, -0.05) is 54.6 Å². The van der Waals surface area contributed by atoms with E-state index in [-0.39, 0.29) is 22.6 Å². The van der Waals surface area contributed by atoms with E-state index in [4.69, 9.17) is 15.2 Å². The molecule has 5 rings (SSSR count). The summed E-state index contributed by atoms with van der Waals surface area (Å²) in [5, 5.41) is 23.6. The monoisotopic (exact) mass is 440 g/mol. The first-order valence-corrected chi connectivity index (χ1v) is 10.2. The van der Waals surface area contributed by atoms with Crippen LogP contribution in [0.2, 0.25) is 0 Å². The lowest BCUT2D eigenvalue weighted by molar-refractivity contribution is -0.150. The Morgan fingerprint density at radius 1 is 1.09 bits per heavy atom. The van der Waals surface area contributed by atoms with Crippen LogP contribution in [0.4, 0.5) is 8.78 Å². The fourth-order valence-corrected chi connectivity index (χ4v) is 5.32. The van der Waals surface area contributed by atoms with Crippen molar-refractivity contribution in [3.05, 3.63) is 89.2 Å². The highest BCUT2D eigenvalue weighted by Crippen LogP contribution is 2.67. The van der Waals surface area contributed by atoms with Gasteiger partial charge in [0.2, 0.25) is 0 Å². The number of benzene rings is 2. The zero-order valence-corrected chi connectivity index (χ0v) is 17.2. The van der Waals surface area contributed by atoms with E-state index >= 15 is 0 Å². The van der Waals surface area contributed by atoms with Crippen LogP contribution in [0.5, 0.6) is 11.5 Å². The van der Waals surface area contributed by atoms with E-state index in [0.29, 0.717) is 5.56 Å². The van der Waals surface area contributed by atoms with Crippen LogP contribution in [-0.2, 0) is 11.2 Å². The smallest absolute Gasteiger partial charge is 0.263 e. The van der Waals surface area contributed by atoms with Gasteiger partial charge in [0.15, 0.2) is 11.2 Å². The van der Waals surface area contributed by atoms with Crippen molar-refractivity contribution in [3.8, 4) is 11.5 Å². The molecule has 2 heterocycles. The molecule has 0 amide bonds. The SMILES string of the molecule is COc1cncc2c1[C@]1(O)[C@H](O)[C@H](N)[C@@H](c3ccccc3)[C@]1(c1ccc(C(F)F)cc1)O2. The molecule has 1 aliphatic heterocycles. The van der Waals surface area contributed by atoms with Gasteiger partial charge in [-0.3, -0.25) is 4.98 Å². The van der Waals surface area contributed by atoms with Gasteiger partial charge in [0.05, 0.1) is 25.1 Å². The van der Waals surface area contributed by atoms with Gasteiger partial charge < -0.3 is 25.4 Å². The Balaban J connectivity index is 1.82. The molecule has 2 aromatic carbocycles. The average Bonchev–Trinajstić information content (AvgIpc) is 3.18. The van der Waals surface area contributed by atoms with Crippen LogP contribution in [0.3, 0.4) is 0 Å². The van der Waals surface area contributed by atoms with E-state index in [2.05, 4.69) is 4.98 Å². The minimum absolute atomic E-state index is 0.164. The molecule has 0 radical (unpaired) electrons. The average molecular weight is 440 g/mol. The van der Waals surface area contributed by atoms with Crippen molar-refractivity contribution in [1.82, 2.24) is 4.98 Å². The second-order valence-corrected chi connectivity index (χ2v) is 8.15. The molecule has 1 aliphatic carbocycles. The number of hydrogen-bond donors (Lipinski definition) is 3. The van der Waals surface area contributed by atoms with E-state index < -0.39 is 35.7 Å². The summed E-state index contributed by atoms with van der Waals surface area (Å²) in [4.78, 5) is 4.12. The Labute approximate surface area is 183 Å². The number of aliphatic hydroxyl groups is 2. The molecule has 32 heavy (non-hydrogen) atoms. The molecule has 0 spiro atoms. The van der Waals surface area contributed by atoms with E-state index in [9.17, 15) is 19.0 Å². The highest BCUT2D eigenvalue weighted by Gasteiger charge is 2.76. The molecule has 2 aliphatic rings. The molecule has 166 valence electrons. The van der Waals surface area contributed by atoms with Gasteiger partial charge in [-0.25, -0.2) is 8.78 Å². The highest BCUT2D eigenvalue weighted by molar-refractivity contribution is 5.59. The Hall–Kier alpha value is -3.07. The molecule has 1 fully saturated rings. The second-order valence-electron chi connectivity index (χ2n) is 8.15. The molecule has 1 aromatic heterocycles. The van der Waals surface area contributed by atoms with Crippen molar-refractivity contribution in [2.75, 3.05) is 7.11 Å². The van der Waals surface area contributed by atoms with Gasteiger partial charge in [-0.15, -0.1) is 0 Å². The predicted molar refractivity (Wildman–Crippen MR) is 112 cm³/mol. The minimum atomic E-state index is -2.65. The third-order valence-electron chi connectivity index (χ3n) is 6.68. The normalized spacial score (nSPS) is 30.7. The van der Waals surface area contributed by atoms with Crippen molar-refractivity contribution < 1.29 is 28.5 Å². The molecular weight excluding hydrogens is 418 g/mol. The van der Waals surface area contributed by atoms with Crippen LogP contribution in [0.15, 0.2) is 67.0 Å². The van der Waals surface area contributed by atoms with Crippen LogP contribution < -0.4 is 15.2 Å². The first-order chi connectivity index (χ1) is 15.4. The van der Waals surface area contributed by atoms with Gasteiger partial charge in [-0.05, 0) is 11.1 Å². The molecular formula is C24H22F2N2O4. The lowest BCUT2D eigenvalue weighted by Crippen LogP contribution is -2.52. The Bertz CT molecular complexity index is 1140. The number of rotatable bonds is 4. The number of halogens is 2. The van der Waals surface area contributed by atoms with E-state index in [1.807, 2.05) is 30.3 Å². The molecule has 6 nitrogen and oxygen atoms in total. The maximum Gasteiger partial charge on any atom is 0.263 e. The summed E-state index contributed by atoms with van der Waals surface area (Å²) in [6.07, 6.45) is -1.23. The number of alkyl halides is 2. The first kappa shape index (κ1) is 20.8. The number of fused-ring (bicyclic) bond motifs is 3. The zero-order valence-electron chi connectivity index (χ0n) is 17.2. The molecule has 5 atom stereocenters. The van der Waals surface area contributed by atoms with Crippen LogP contribution in [0.25, 0.3) is 0 Å². The van der Waals surface area contributed by atoms with Crippen molar-refractivity contribution in [2.45, 2.75) is 35.7 Å². The standard InChI is InChI=1S/C24H22F2N2O4/c1-31-16-11-28-12-17-19(16)23(30)21(29)20(27)18(13-5-3-2-4-6-13)24(23,32-17)15-9-7-14(8-10-15)22(25)26/h2-12,18,20-22,29-30H,27H2,1H3/t18-,20-,21-,23+,24+/m1/s1. The van der Waals surface area contributed by atoms with E-state index in [1.165, 1.54) is 43.8 Å². The van der Waals surface area contributed by atoms with Crippen molar-refractivity contribution in [1.29, 1.82) is 0 Å². The Morgan fingerprint density at radius 2 is 1.78 bits per heavy atom. The fourth-order valence-electron chi connectivity index (χ4n) is 5.32. The first-order valence-electron chi connectivity index (χ1n) is 10.2. The van der Waals surface area contributed by atoms with Gasteiger partial charge in [0.1, 0.15) is 17.6 Å². The third-order valence-corrected chi connectivity index (χ3v) is 6.68.